The minimum Gasteiger partial charge on any atom is -0.550 e. The van der Waals surface area contributed by atoms with Gasteiger partial charge in [0.15, 0.2) is 0 Å². The monoisotopic (exact) mass is 551 g/mol. The van der Waals surface area contributed by atoms with Crippen molar-refractivity contribution in [3.05, 3.63) is 64.8 Å². The number of nitrogens with zero attached hydrogens (tertiary/aromatic N) is 2. The summed E-state index contributed by atoms with van der Waals surface area (Å²) in [5.41, 5.74) is -0.296. The first-order chi connectivity index (χ1) is 17.7. The fourth-order valence-electron chi connectivity index (χ4n) is 4.79. The highest BCUT2D eigenvalue weighted by Crippen LogP contribution is 2.42. The predicted octanol–water partition coefficient (Wildman–Crippen LogP) is 5.59. The number of alkyl halides is 1. The Morgan fingerprint density at radius 2 is 2.00 bits per heavy atom. The van der Waals surface area contributed by atoms with Gasteiger partial charge in [0.1, 0.15) is 23.6 Å². The first-order valence-corrected chi connectivity index (χ1v) is 13.4. The number of likely N-dealkylation sites (tertiary alicyclic amines) is 1. The fourth-order valence-corrected chi connectivity index (χ4v) is 6.03. The molecule has 1 atom stereocenters. The molecule has 1 aromatic heterocycles. The Bertz CT molecular complexity index is 1270. The number of piperidine rings is 1. The van der Waals surface area contributed by atoms with Gasteiger partial charge < -0.3 is 19.5 Å². The number of carboxylic acids is 1. The number of fused-ring (bicyclic) bond motifs is 1. The van der Waals surface area contributed by atoms with Crippen LogP contribution in [-0.4, -0.2) is 48.4 Å². The fraction of sp³-hybridized carbons (Fsp3) is 0.407. The van der Waals surface area contributed by atoms with E-state index in [4.69, 9.17) is 16.3 Å². The summed E-state index contributed by atoms with van der Waals surface area (Å²) in [6.45, 7) is 1.58. The lowest BCUT2D eigenvalue weighted by molar-refractivity contribution is -0.322. The van der Waals surface area contributed by atoms with E-state index in [0.29, 0.717) is 54.9 Å². The summed E-state index contributed by atoms with van der Waals surface area (Å²) in [5.74, 6) is -1.07. The Balaban J connectivity index is 1.37. The van der Waals surface area contributed by atoms with Crippen molar-refractivity contribution in [1.29, 1.82) is 0 Å². The molecule has 5 nitrogen and oxygen atoms in total. The largest absolute Gasteiger partial charge is 0.550 e. The molecule has 1 fully saturated rings. The Hall–Kier alpha value is -2.49. The van der Waals surface area contributed by atoms with E-state index in [1.165, 1.54) is 31.1 Å². The highest BCUT2D eigenvalue weighted by molar-refractivity contribution is 7.99. The van der Waals surface area contributed by atoms with Crippen LogP contribution in [-0.2, 0) is 4.79 Å². The van der Waals surface area contributed by atoms with Crippen molar-refractivity contribution in [3.63, 3.8) is 0 Å². The van der Waals surface area contributed by atoms with Gasteiger partial charge in [0.25, 0.3) is 0 Å². The van der Waals surface area contributed by atoms with Gasteiger partial charge in [-0.15, -0.1) is 11.8 Å². The molecule has 3 aromatic rings. The molecule has 2 aromatic carbocycles. The summed E-state index contributed by atoms with van der Waals surface area (Å²) in [7, 11) is 1.51. The SMILES string of the molecule is COc1ccc2ncc(Cl)c(C(F)CCC3(C(=O)[O-])CCN(CCSc4cc(F)ccc4F)CC3)c2c1. The van der Waals surface area contributed by atoms with E-state index in [0.717, 1.165) is 12.1 Å². The van der Waals surface area contributed by atoms with Crippen molar-refractivity contribution in [3.8, 4) is 5.75 Å². The lowest BCUT2D eigenvalue weighted by Gasteiger charge is -2.43. The van der Waals surface area contributed by atoms with Gasteiger partial charge in [0.05, 0.1) is 17.6 Å². The van der Waals surface area contributed by atoms with Crippen molar-refractivity contribution < 1.29 is 27.8 Å². The molecule has 0 radical (unpaired) electrons. The number of hydrogen-bond acceptors (Lipinski definition) is 6. The number of halogens is 4. The van der Waals surface area contributed by atoms with Crippen LogP contribution >= 0.6 is 23.4 Å². The molecular formula is C27H27ClF3N2O3S-. The number of aromatic nitrogens is 1. The molecule has 37 heavy (non-hydrogen) atoms. The molecule has 1 aliphatic heterocycles. The zero-order chi connectivity index (χ0) is 26.6. The van der Waals surface area contributed by atoms with Crippen LogP contribution in [0.5, 0.6) is 5.75 Å². The molecule has 4 rings (SSSR count). The van der Waals surface area contributed by atoms with Crippen LogP contribution in [0.15, 0.2) is 47.5 Å². The molecule has 0 bridgehead atoms. The summed E-state index contributed by atoms with van der Waals surface area (Å²) in [6, 6.07) is 8.47. The van der Waals surface area contributed by atoms with Crippen molar-refractivity contribution in [2.45, 2.75) is 36.8 Å². The van der Waals surface area contributed by atoms with Crippen LogP contribution in [0.4, 0.5) is 13.2 Å². The number of benzene rings is 2. The van der Waals surface area contributed by atoms with E-state index >= 15 is 4.39 Å². The third kappa shape index (κ3) is 6.33. The standard InChI is InChI=1S/C27H28ClF3N2O3S/c1-36-18-3-5-23-19(15-18)25(20(28)16-32-23)22(31)6-7-27(26(34)35)8-10-33(11-9-27)12-13-37-24-14-17(29)2-4-21(24)30/h2-5,14-16,22H,6-13H2,1H3,(H,34,35)/p-1. The number of ether oxygens (including phenoxy) is 1. The number of methoxy groups -OCH3 is 1. The quantitative estimate of drug-likeness (QED) is 0.306. The molecular weight excluding hydrogens is 525 g/mol. The second kappa shape index (κ2) is 11.9. The average molecular weight is 552 g/mol. The Morgan fingerprint density at radius 3 is 2.70 bits per heavy atom. The van der Waals surface area contributed by atoms with E-state index in [-0.39, 0.29) is 28.3 Å². The predicted molar refractivity (Wildman–Crippen MR) is 137 cm³/mol. The molecule has 0 N–H and O–H groups in total. The number of rotatable bonds is 10. The minimum absolute atomic E-state index is 0.0290. The van der Waals surface area contributed by atoms with Crippen LogP contribution in [0.1, 0.15) is 37.4 Å². The number of carbonyl (C=O) groups excluding carboxylic acids is 1. The summed E-state index contributed by atoms with van der Waals surface area (Å²) in [6.07, 6.45) is 0.631. The molecule has 10 heteroatoms. The molecule has 0 amide bonds. The molecule has 2 heterocycles. The molecule has 1 saturated heterocycles. The molecule has 0 spiro atoms. The van der Waals surface area contributed by atoms with Crippen molar-refractivity contribution in [2.75, 3.05) is 32.5 Å². The first kappa shape index (κ1) is 27.5. The maximum absolute atomic E-state index is 15.6. The Morgan fingerprint density at radius 1 is 1.24 bits per heavy atom. The van der Waals surface area contributed by atoms with Gasteiger partial charge in [-0.25, -0.2) is 13.2 Å². The number of hydrogen-bond donors (Lipinski definition) is 0. The van der Waals surface area contributed by atoms with Gasteiger partial charge in [-0.3, -0.25) is 4.98 Å². The van der Waals surface area contributed by atoms with Gasteiger partial charge in [-0.1, -0.05) is 11.6 Å². The maximum atomic E-state index is 15.6. The van der Waals surface area contributed by atoms with Gasteiger partial charge in [0, 0.05) is 45.7 Å². The number of thioether (sulfide) groups is 1. The van der Waals surface area contributed by atoms with E-state index in [9.17, 15) is 18.7 Å². The van der Waals surface area contributed by atoms with Crippen LogP contribution in [0.3, 0.4) is 0 Å². The number of pyridine rings is 1. The van der Waals surface area contributed by atoms with Gasteiger partial charge >= 0.3 is 0 Å². The summed E-state index contributed by atoms with van der Waals surface area (Å²) >= 11 is 7.53. The van der Waals surface area contributed by atoms with Gasteiger partial charge in [-0.2, -0.15) is 0 Å². The average Bonchev–Trinajstić information content (AvgIpc) is 2.89. The van der Waals surface area contributed by atoms with E-state index in [1.807, 2.05) is 0 Å². The lowest BCUT2D eigenvalue weighted by atomic mass is 9.74. The second-order valence-electron chi connectivity index (χ2n) is 9.24. The Kier molecular flexibility index (Phi) is 8.87. The molecule has 0 aliphatic carbocycles. The third-order valence-electron chi connectivity index (χ3n) is 7.06. The highest BCUT2D eigenvalue weighted by Gasteiger charge is 2.36. The Labute approximate surface area is 223 Å². The van der Waals surface area contributed by atoms with Crippen LogP contribution in [0.25, 0.3) is 10.9 Å². The van der Waals surface area contributed by atoms with E-state index in [1.54, 1.807) is 18.2 Å². The van der Waals surface area contributed by atoms with Crippen molar-refractivity contribution >= 4 is 40.2 Å². The smallest absolute Gasteiger partial charge is 0.136 e. The minimum atomic E-state index is -1.49. The van der Waals surface area contributed by atoms with Gasteiger partial charge in [0.2, 0.25) is 0 Å². The van der Waals surface area contributed by atoms with E-state index in [2.05, 4.69) is 9.88 Å². The van der Waals surface area contributed by atoms with E-state index < -0.39 is 29.2 Å². The topological polar surface area (TPSA) is 65.5 Å². The van der Waals surface area contributed by atoms with Crippen LogP contribution in [0, 0.1) is 17.0 Å². The molecule has 1 unspecified atom stereocenters. The molecule has 198 valence electrons. The zero-order valence-corrected chi connectivity index (χ0v) is 21.9. The normalized spacial score (nSPS) is 16.6. The molecule has 0 saturated carbocycles. The van der Waals surface area contributed by atoms with Crippen LogP contribution < -0.4 is 9.84 Å². The first-order valence-electron chi connectivity index (χ1n) is 12.0. The zero-order valence-electron chi connectivity index (χ0n) is 20.3. The summed E-state index contributed by atoms with van der Waals surface area (Å²) in [5, 5.41) is 12.9. The van der Waals surface area contributed by atoms with Crippen LogP contribution in [0.2, 0.25) is 5.02 Å². The second-order valence-corrected chi connectivity index (χ2v) is 10.8. The molecule has 1 aliphatic rings. The maximum Gasteiger partial charge on any atom is 0.136 e. The van der Waals surface area contributed by atoms with Crippen molar-refractivity contribution in [1.82, 2.24) is 9.88 Å². The van der Waals surface area contributed by atoms with Crippen molar-refractivity contribution in [2.24, 2.45) is 5.41 Å². The van der Waals surface area contributed by atoms with Gasteiger partial charge in [-0.05, 0) is 75.2 Å². The lowest BCUT2D eigenvalue weighted by Crippen LogP contribution is -2.50. The highest BCUT2D eigenvalue weighted by atomic mass is 35.5. The number of aliphatic carboxylic acids is 1. The third-order valence-corrected chi connectivity index (χ3v) is 8.37. The summed E-state index contributed by atoms with van der Waals surface area (Å²) < 4.78 is 48.0. The summed E-state index contributed by atoms with van der Waals surface area (Å²) in [4.78, 5) is 18.8. The number of carbonyl (C=O) groups is 1. The number of carboxylic acid groups (broad SMARTS) is 1.